The van der Waals surface area contributed by atoms with Crippen LogP contribution >= 0.6 is 0 Å². The van der Waals surface area contributed by atoms with Gasteiger partial charge in [0.15, 0.2) is 0 Å². The average molecular weight is 762 g/mol. The van der Waals surface area contributed by atoms with Gasteiger partial charge in [0.05, 0.1) is 0 Å². The fraction of sp³-hybridized carbons (Fsp3) is 0.120. The third kappa shape index (κ3) is 4.60. The SMILES string of the molecule is CC1=Cc2c(-c3c4ccccc4cc4ccccc34)cccc2[CH]1[Zr]([CH3])([CH3])(=[SiH2])[CH]1C(C)=Cc2c(-c3c4ccccc4cc4ccccc34)cccc21. The Hall–Kier alpha value is -4.62. The number of hydrogen-bond acceptors (Lipinski definition) is 0. The van der Waals surface area contributed by atoms with Gasteiger partial charge in [-0.25, -0.2) is 0 Å². The molecule has 0 saturated carbocycles. The predicted molar refractivity (Wildman–Crippen MR) is 227 cm³/mol. The van der Waals surface area contributed by atoms with Crippen molar-refractivity contribution in [3.05, 3.63) is 179 Å². The van der Waals surface area contributed by atoms with Crippen molar-refractivity contribution in [2.75, 3.05) is 0 Å². The Kier molecular flexibility index (Phi) is 7.05. The molecule has 0 radical (unpaired) electrons. The molecule has 2 heteroatoms. The Labute approximate surface area is 309 Å². The van der Waals surface area contributed by atoms with Crippen LogP contribution in [-0.2, 0) is 17.4 Å². The molecule has 0 heterocycles. The Morgan fingerprint density at radius 2 is 0.750 bits per heavy atom. The van der Waals surface area contributed by atoms with Gasteiger partial charge in [0.2, 0.25) is 0 Å². The molecule has 0 saturated heterocycles. The van der Waals surface area contributed by atoms with Crippen LogP contribution in [-0.4, -0.2) is 6.88 Å². The Morgan fingerprint density at radius 1 is 0.423 bits per heavy atom. The van der Waals surface area contributed by atoms with Crippen LogP contribution in [0.25, 0.3) is 77.5 Å². The van der Waals surface area contributed by atoms with Gasteiger partial charge in [-0.1, -0.05) is 0 Å². The third-order valence-electron chi connectivity index (χ3n) is 12.5. The van der Waals surface area contributed by atoms with Gasteiger partial charge >= 0.3 is 311 Å². The van der Waals surface area contributed by atoms with Crippen LogP contribution in [0.4, 0.5) is 0 Å². The average Bonchev–Trinajstić information content (AvgIpc) is 3.70. The molecule has 0 amide bonds. The van der Waals surface area contributed by atoms with Crippen molar-refractivity contribution in [2.45, 2.75) is 30.4 Å². The van der Waals surface area contributed by atoms with Gasteiger partial charge in [-0.15, -0.1) is 0 Å². The van der Waals surface area contributed by atoms with Crippen molar-refractivity contribution in [3.8, 4) is 22.3 Å². The molecule has 52 heavy (non-hydrogen) atoms. The van der Waals surface area contributed by atoms with E-state index in [4.69, 9.17) is 0 Å². The van der Waals surface area contributed by atoms with Crippen molar-refractivity contribution in [3.63, 3.8) is 0 Å². The summed E-state index contributed by atoms with van der Waals surface area (Å²) in [5.74, 6) is 0. The molecular formula is C50H42SiZr. The number of allylic oxidation sites excluding steroid dienone is 2. The third-order valence-corrected chi connectivity index (χ3v) is 30.5. The molecule has 250 valence electrons. The monoisotopic (exact) mass is 760 g/mol. The van der Waals surface area contributed by atoms with Crippen LogP contribution < -0.4 is 0 Å². The molecule has 0 spiro atoms. The molecule has 2 atom stereocenters. The number of benzene rings is 8. The normalized spacial score (nSPS) is 17.1. The van der Waals surface area contributed by atoms with E-state index in [9.17, 15) is 0 Å². The second-order valence-corrected chi connectivity index (χ2v) is 47.1. The van der Waals surface area contributed by atoms with Crippen LogP contribution in [0.3, 0.4) is 0 Å². The fourth-order valence-corrected chi connectivity index (χ4v) is 32.1. The Balaban J connectivity index is 1.16. The summed E-state index contributed by atoms with van der Waals surface area (Å²) >= 11 is -3.77. The molecule has 0 N–H and O–H groups in total. The summed E-state index contributed by atoms with van der Waals surface area (Å²) in [6, 6.07) is 54.8. The van der Waals surface area contributed by atoms with Gasteiger partial charge in [0.1, 0.15) is 0 Å². The molecule has 0 bridgehead atoms. The van der Waals surface area contributed by atoms with E-state index >= 15 is 0 Å². The van der Waals surface area contributed by atoms with Crippen molar-refractivity contribution in [1.29, 1.82) is 0 Å². The number of hydrogen-bond donors (Lipinski definition) is 0. The molecule has 2 aliphatic rings. The van der Waals surface area contributed by atoms with E-state index in [-0.39, 0.29) is 0 Å². The molecule has 2 unspecified atom stereocenters. The molecule has 8 aromatic rings. The molecule has 8 aromatic carbocycles. The predicted octanol–water partition coefficient (Wildman–Crippen LogP) is 13.6. The zero-order chi connectivity index (χ0) is 35.4. The second-order valence-electron chi connectivity index (χ2n) is 16.6. The van der Waals surface area contributed by atoms with Crippen molar-refractivity contribution >= 4 is 62.1 Å². The van der Waals surface area contributed by atoms with Gasteiger partial charge in [-0.05, 0) is 0 Å². The molecule has 0 nitrogen and oxygen atoms in total. The molecule has 0 aromatic heterocycles. The van der Waals surface area contributed by atoms with Crippen LogP contribution in [0, 0.1) is 0 Å². The molecule has 2 aliphatic carbocycles. The van der Waals surface area contributed by atoms with E-state index in [0.717, 1.165) is 0 Å². The standard InChI is InChI=1S/2C24H17.2CH3.H2Si.Zr/c2*1-16-13-17-9-6-12-22(23(17)14-16)24-20-10-4-2-7-18(20)15-19-8-3-5-11-21(19)24;;;;/h2*2-15H,1H3;2*1H3;1H2;. The van der Waals surface area contributed by atoms with Crippen LogP contribution in [0.15, 0.2) is 157 Å². The van der Waals surface area contributed by atoms with Crippen molar-refractivity contribution < 1.29 is 17.4 Å². The quantitative estimate of drug-likeness (QED) is 0.124. The van der Waals surface area contributed by atoms with Gasteiger partial charge in [0.25, 0.3) is 0 Å². The summed E-state index contributed by atoms with van der Waals surface area (Å²) in [5.41, 5.74) is 14.5. The van der Waals surface area contributed by atoms with E-state index in [1.54, 1.807) is 0 Å². The van der Waals surface area contributed by atoms with Crippen molar-refractivity contribution in [1.82, 2.24) is 0 Å². The number of fused-ring (bicyclic) bond motifs is 6. The topological polar surface area (TPSA) is 0 Å². The summed E-state index contributed by atoms with van der Waals surface area (Å²) < 4.78 is 6.43. The minimum absolute atomic E-state index is 0.456. The van der Waals surface area contributed by atoms with E-state index in [0.29, 0.717) is 7.25 Å². The molecular weight excluding hydrogens is 720 g/mol. The Bertz CT molecular complexity index is 2660. The maximum atomic E-state index is 2.76. The van der Waals surface area contributed by atoms with Crippen LogP contribution in [0.5, 0.6) is 0 Å². The summed E-state index contributed by atoms with van der Waals surface area (Å²) in [7, 11) is 0. The molecule has 0 fully saturated rings. The van der Waals surface area contributed by atoms with E-state index in [2.05, 4.69) is 188 Å². The summed E-state index contributed by atoms with van der Waals surface area (Å²) in [6.45, 7) is 7.30. The molecule has 0 aliphatic heterocycles. The zero-order valence-electron chi connectivity index (χ0n) is 30.4. The molecule has 10 rings (SSSR count). The second kappa shape index (κ2) is 11.4. The maximum absolute atomic E-state index is 3.77. The van der Waals surface area contributed by atoms with E-state index in [1.165, 1.54) is 98.7 Å². The first-order valence-electron chi connectivity index (χ1n) is 18.7. The van der Waals surface area contributed by atoms with Gasteiger partial charge in [0, 0.05) is 0 Å². The van der Waals surface area contributed by atoms with Gasteiger partial charge in [-0.2, -0.15) is 0 Å². The first-order chi connectivity index (χ1) is 25.2. The van der Waals surface area contributed by atoms with Gasteiger partial charge < -0.3 is 0 Å². The van der Waals surface area contributed by atoms with E-state index < -0.39 is 17.4 Å². The van der Waals surface area contributed by atoms with Gasteiger partial charge in [-0.3, -0.25) is 0 Å². The Morgan fingerprint density at radius 3 is 1.10 bits per heavy atom. The summed E-state index contributed by atoms with van der Waals surface area (Å²) in [5, 5.41) is 10.5. The first kappa shape index (κ1) is 32.1. The van der Waals surface area contributed by atoms with Crippen molar-refractivity contribution in [2.24, 2.45) is 0 Å². The number of rotatable bonds is 4. The first-order valence-corrected chi connectivity index (χ1v) is 32.4. The van der Waals surface area contributed by atoms with E-state index in [1.807, 2.05) is 0 Å². The minimum atomic E-state index is -3.77. The summed E-state index contributed by atoms with van der Waals surface area (Å²) in [4.78, 5) is 0. The van der Waals surface area contributed by atoms with Crippen LogP contribution in [0.1, 0.15) is 43.4 Å². The van der Waals surface area contributed by atoms with Crippen LogP contribution in [0.2, 0.25) is 9.26 Å². The zero-order valence-corrected chi connectivity index (χ0v) is 34.2. The summed E-state index contributed by atoms with van der Waals surface area (Å²) in [6.07, 6.45) is 5.13. The fourth-order valence-electron chi connectivity index (χ4n) is 10.8.